The second-order valence-electron chi connectivity index (χ2n) is 6.33. The van der Waals surface area contributed by atoms with E-state index in [1.54, 1.807) is 18.3 Å². The summed E-state index contributed by atoms with van der Waals surface area (Å²) >= 11 is 17.8. The largest absolute Gasteiger partial charge is 0.332 e. The summed E-state index contributed by atoms with van der Waals surface area (Å²) in [4.78, 5) is 0. The molecule has 0 atom stereocenters. The summed E-state index contributed by atoms with van der Waals surface area (Å²) < 4.78 is 15.5. The minimum absolute atomic E-state index is 0.149. The standard InChI is InChI=1S/C21H15Cl2FN4S/c22-16-8-4-9-18(24)15(16)11-28-12-17(23)20(27-28)26-21(29)25-19-10-3-6-13-5-1-2-7-14(13)19/h1-10,12H,11H2,(H2,25,26,27,29). The van der Waals surface area contributed by atoms with Gasteiger partial charge in [-0.2, -0.15) is 5.10 Å². The number of aromatic nitrogens is 2. The molecule has 0 fully saturated rings. The molecule has 0 bridgehead atoms. The molecule has 4 aromatic rings. The molecular formula is C21H15Cl2FN4S. The number of hydrogen-bond acceptors (Lipinski definition) is 2. The fourth-order valence-corrected chi connectivity index (χ4v) is 3.63. The monoisotopic (exact) mass is 444 g/mol. The zero-order valence-corrected chi connectivity index (χ0v) is 17.3. The Kier molecular flexibility index (Phi) is 5.67. The maximum absolute atomic E-state index is 14.0. The third kappa shape index (κ3) is 4.34. The first-order valence-corrected chi connectivity index (χ1v) is 9.89. The van der Waals surface area contributed by atoms with Crippen LogP contribution in [0.25, 0.3) is 10.8 Å². The van der Waals surface area contributed by atoms with Crippen molar-refractivity contribution in [1.29, 1.82) is 0 Å². The van der Waals surface area contributed by atoms with E-state index in [-0.39, 0.29) is 6.54 Å². The van der Waals surface area contributed by atoms with Crippen LogP contribution in [0.15, 0.2) is 66.9 Å². The molecule has 0 aliphatic rings. The van der Waals surface area contributed by atoms with Gasteiger partial charge in [-0.1, -0.05) is 65.7 Å². The number of rotatable bonds is 4. The molecule has 1 heterocycles. The quantitative estimate of drug-likeness (QED) is 0.360. The Balaban J connectivity index is 1.50. The summed E-state index contributed by atoms with van der Waals surface area (Å²) in [6.45, 7) is 0.149. The van der Waals surface area contributed by atoms with Gasteiger partial charge >= 0.3 is 0 Å². The molecule has 4 rings (SSSR count). The van der Waals surface area contributed by atoms with Gasteiger partial charge in [0.05, 0.1) is 6.54 Å². The van der Waals surface area contributed by atoms with Crippen LogP contribution in [-0.2, 0) is 6.54 Å². The van der Waals surface area contributed by atoms with E-state index in [4.69, 9.17) is 35.4 Å². The number of fused-ring (bicyclic) bond motifs is 1. The van der Waals surface area contributed by atoms with E-state index in [0.717, 1.165) is 16.5 Å². The molecule has 3 aromatic carbocycles. The predicted molar refractivity (Wildman–Crippen MR) is 122 cm³/mol. The van der Waals surface area contributed by atoms with Gasteiger partial charge in [-0.3, -0.25) is 4.68 Å². The van der Waals surface area contributed by atoms with Crippen LogP contribution >= 0.6 is 35.4 Å². The Hall–Kier alpha value is -2.67. The highest BCUT2D eigenvalue weighted by molar-refractivity contribution is 7.80. The molecule has 0 radical (unpaired) electrons. The molecule has 29 heavy (non-hydrogen) atoms. The summed E-state index contributed by atoms with van der Waals surface area (Å²) in [5.41, 5.74) is 1.21. The smallest absolute Gasteiger partial charge is 0.176 e. The molecule has 0 saturated heterocycles. The van der Waals surface area contributed by atoms with Gasteiger partial charge in [0.15, 0.2) is 10.9 Å². The molecule has 0 unspecified atom stereocenters. The molecule has 0 spiro atoms. The van der Waals surface area contributed by atoms with E-state index in [1.165, 1.54) is 10.7 Å². The molecule has 8 heteroatoms. The van der Waals surface area contributed by atoms with Crippen LogP contribution in [0.3, 0.4) is 0 Å². The topological polar surface area (TPSA) is 41.9 Å². The van der Waals surface area contributed by atoms with E-state index >= 15 is 0 Å². The molecule has 0 saturated carbocycles. The Labute approximate surface area is 182 Å². The minimum Gasteiger partial charge on any atom is -0.332 e. The highest BCUT2D eigenvalue weighted by atomic mass is 35.5. The number of halogens is 3. The average Bonchev–Trinajstić information content (AvgIpc) is 3.04. The summed E-state index contributed by atoms with van der Waals surface area (Å²) in [6.07, 6.45) is 1.59. The summed E-state index contributed by atoms with van der Waals surface area (Å²) in [7, 11) is 0. The number of hydrogen-bond donors (Lipinski definition) is 2. The van der Waals surface area contributed by atoms with Crippen molar-refractivity contribution >= 4 is 62.8 Å². The van der Waals surface area contributed by atoms with E-state index in [1.807, 2.05) is 42.5 Å². The Morgan fingerprint density at radius 3 is 2.55 bits per heavy atom. The first-order valence-electron chi connectivity index (χ1n) is 8.73. The molecule has 2 N–H and O–H groups in total. The van der Waals surface area contributed by atoms with Crippen molar-refractivity contribution in [2.75, 3.05) is 10.6 Å². The van der Waals surface area contributed by atoms with E-state index in [2.05, 4.69) is 15.7 Å². The van der Waals surface area contributed by atoms with E-state index in [9.17, 15) is 4.39 Å². The van der Waals surface area contributed by atoms with Crippen LogP contribution < -0.4 is 10.6 Å². The van der Waals surface area contributed by atoms with Gasteiger partial charge in [0.1, 0.15) is 10.8 Å². The number of thiocarbonyl (C=S) groups is 1. The van der Waals surface area contributed by atoms with E-state index < -0.39 is 5.82 Å². The maximum atomic E-state index is 14.0. The van der Waals surface area contributed by atoms with Gasteiger partial charge in [0, 0.05) is 27.9 Å². The van der Waals surface area contributed by atoms with Crippen LogP contribution in [0, 0.1) is 5.82 Å². The number of anilines is 2. The Morgan fingerprint density at radius 2 is 1.72 bits per heavy atom. The van der Waals surface area contributed by atoms with Gasteiger partial charge in [-0.05, 0) is 35.8 Å². The second-order valence-corrected chi connectivity index (χ2v) is 7.55. The third-order valence-corrected chi connectivity index (χ3v) is 5.20. The van der Waals surface area contributed by atoms with Crippen molar-refractivity contribution in [2.24, 2.45) is 0 Å². The Bertz CT molecular complexity index is 1180. The van der Waals surface area contributed by atoms with Crippen LogP contribution in [0.1, 0.15) is 5.56 Å². The third-order valence-electron chi connectivity index (χ3n) is 4.37. The molecule has 4 nitrogen and oxygen atoms in total. The van der Waals surface area contributed by atoms with Gasteiger partial charge in [0.2, 0.25) is 0 Å². The normalized spacial score (nSPS) is 10.9. The van der Waals surface area contributed by atoms with Crippen LogP contribution in [0.5, 0.6) is 0 Å². The molecular weight excluding hydrogens is 430 g/mol. The molecule has 146 valence electrons. The van der Waals surface area contributed by atoms with Gasteiger partial charge in [0.25, 0.3) is 0 Å². The van der Waals surface area contributed by atoms with Gasteiger partial charge in [-0.15, -0.1) is 0 Å². The van der Waals surface area contributed by atoms with Crippen molar-refractivity contribution < 1.29 is 4.39 Å². The van der Waals surface area contributed by atoms with Gasteiger partial charge in [-0.25, -0.2) is 4.39 Å². The first-order chi connectivity index (χ1) is 14.0. The molecule has 0 aliphatic heterocycles. The van der Waals surface area contributed by atoms with Crippen molar-refractivity contribution in [3.05, 3.63) is 88.3 Å². The zero-order chi connectivity index (χ0) is 20.4. The SMILES string of the molecule is Fc1cccc(Cl)c1Cn1cc(Cl)c(NC(=S)Nc2cccc3ccccc23)n1. The number of nitrogens with zero attached hydrogens (tertiary/aromatic N) is 2. The van der Waals surface area contributed by atoms with Crippen LogP contribution in [0.2, 0.25) is 10.0 Å². The van der Waals surface area contributed by atoms with Crippen LogP contribution in [-0.4, -0.2) is 14.9 Å². The lowest BCUT2D eigenvalue weighted by molar-refractivity contribution is 0.586. The lowest BCUT2D eigenvalue weighted by atomic mass is 10.1. The number of benzene rings is 3. The lowest BCUT2D eigenvalue weighted by Crippen LogP contribution is -2.20. The van der Waals surface area contributed by atoms with Crippen molar-refractivity contribution in [3.63, 3.8) is 0 Å². The minimum atomic E-state index is -0.397. The maximum Gasteiger partial charge on any atom is 0.176 e. The van der Waals surface area contributed by atoms with Crippen LogP contribution in [0.4, 0.5) is 15.9 Å². The van der Waals surface area contributed by atoms with Crippen molar-refractivity contribution in [3.8, 4) is 0 Å². The highest BCUT2D eigenvalue weighted by Crippen LogP contribution is 2.25. The molecule has 0 aliphatic carbocycles. The number of nitrogens with one attached hydrogen (secondary N) is 2. The fourth-order valence-electron chi connectivity index (χ4n) is 3.00. The summed E-state index contributed by atoms with van der Waals surface area (Å²) in [6, 6.07) is 18.5. The molecule has 0 amide bonds. The lowest BCUT2D eigenvalue weighted by Gasteiger charge is -2.11. The predicted octanol–water partition coefficient (Wildman–Crippen LogP) is 6.34. The average molecular weight is 445 g/mol. The first kappa shape index (κ1) is 19.6. The summed E-state index contributed by atoms with van der Waals surface area (Å²) in [5.74, 6) is -0.0244. The van der Waals surface area contributed by atoms with E-state index in [0.29, 0.717) is 26.5 Å². The molecule has 1 aromatic heterocycles. The summed E-state index contributed by atoms with van der Waals surface area (Å²) in [5, 5.41) is 13.7. The van der Waals surface area contributed by atoms with Gasteiger partial charge < -0.3 is 10.6 Å². The van der Waals surface area contributed by atoms with Crippen molar-refractivity contribution in [1.82, 2.24) is 9.78 Å². The highest BCUT2D eigenvalue weighted by Gasteiger charge is 2.13. The second kappa shape index (κ2) is 8.37. The fraction of sp³-hybridized carbons (Fsp3) is 0.0476. The van der Waals surface area contributed by atoms with Crippen molar-refractivity contribution in [2.45, 2.75) is 6.54 Å². The zero-order valence-electron chi connectivity index (χ0n) is 15.0. The Morgan fingerprint density at radius 1 is 0.966 bits per heavy atom.